The lowest BCUT2D eigenvalue weighted by molar-refractivity contribution is 0.0961. The number of hydrogen-bond acceptors (Lipinski definition) is 5. The van der Waals surface area contributed by atoms with Crippen molar-refractivity contribution in [1.29, 1.82) is 0 Å². The summed E-state index contributed by atoms with van der Waals surface area (Å²) < 4.78 is 6.23. The maximum absolute atomic E-state index is 12.8. The first-order chi connectivity index (χ1) is 12.3. The molecular formula is C19H13N3O2S. The zero-order valence-corrected chi connectivity index (χ0v) is 13.9. The lowest BCUT2D eigenvalue weighted by Crippen LogP contribution is -2.25. The second kappa shape index (κ2) is 6.70. The summed E-state index contributed by atoms with van der Waals surface area (Å²) in [4.78, 5) is 17.3. The van der Waals surface area contributed by atoms with E-state index in [1.165, 1.54) is 22.6 Å². The number of thiazole rings is 1. The van der Waals surface area contributed by atoms with Gasteiger partial charge in [-0.2, -0.15) is 10.1 Å². The molecule has 0 aliphatic heterocycles. The van der Waals surface area contributed by atoms with Gasteiger partial charge in [-0.3, -0.25) is 4.79 Å². The van der Waals surface area contributed by atoms with Gasteiger partial charge < -0.3 is 4.42 Å². The van der Waals surface area contributed by atoms with E-state index in [1.807, 2.05) is 54.6 Å². The van der Waals surface area contributed by atoms with Gasteiger partial charge in [0.1, 0.15) is 0 Å². The third kappa shape index (κ3) is 3.20. The van der Waals surface area contributed by atoms with E-state index in [9.17, 15) is 4.79 Å². The molecule has 1 amide bonds. The molecule has 0 unspecified atom stereocenters. The van der Waals surface area contributed by atoms with Crippen molar-refractivity contribution in [2.45, 2.75) is 0 Å². The van der Waals surface area contributed by atoms with Crippen LogP contribution < -0.4 is 5.01 Å². The lowest BCUT2D eigenvalue weighted by atomic mass is 10.2. The van der Waals surface area contributed by atoms with Gasteiger partial charge in [0.05, 0.1) is 22.7 Å². The summed E-state index contributed by atoms with van der Waals surface area (Å²) in [5.41, 5.74) is 1.72. The minimum absolute atomic E-state index is 0.212. The average molecular weight is 347 g/mol. The van der Waals surface area contributed by atoms with Crippen molar-refractivity contribution < 1.29 is 9.21 Å². The number of hydrogen-bond donors (Lipinski definition) is 0. The van der Waals surface area contributed by atoms with Crippen molar-refractivity contribution in [2.75, 3.05) is 5.01 Å². The van der Waals surface area contributed by atoms with Crippen LogP contribution in [0.5, 0.6) is 0 Å². The molecule has 0 N–H and O–H groups in total. The minimum Gasteiger partial charge on any atom is -0.459 e. The number of carbonyl (C=O) groups is 1. The Kier molecular flexibility index (Phi) is 4.10. The normalized spacial score (nSPS) is 11.2. The summed E-state index contributed by atoms with van der Waals surface area (Å²) in [6.07, 6.45) is 3.09. The Morgan fingerprint density at radius 2 is 1.84 bits per heavy atom. The minimum atomic E-state index is -0.365. The molecule has 6 heteroatoms. The van der Waals surface area contributed by atoms with Gasteiger partial charge in [-0.1, -0.05) is 53.8 Å². The van der Waals surface area contributed by atoms with E-state index in [0.29, 0.717) is 5.13 Å². The third-order valence-corrected chi connectivity index (χ3v) is 4.52. The molecule has 0 aliphatic carbocycles. The number of aromatic nitrogens is 1. The number of para-hydroxylation sites is 1. The number of carbonyl (C=O) groups excluding carboxylic acids is 1. The van der Waals surface area contributed by atoms with Crippen molar-refractivity contribution >= 4 is 38.8 Å². The van der Waals surface area contributed by atoms with Crippen molar-refractivity contribution in [3.05, 3.63) is 84.3 Å². The number of rotatable bonds is 4. The smallest absolute Gasteiger partial charge is 0.316 e. The van der Waals surface area contributed by atoms with Crippen LogP contribution in [0.3, 0.4) is 0 Å². The number of hydrazone groups is 1. The molecule has 4 rings (SSSR count). The van der Waals surface area contributed by atoms with Gasteiger partial charge in [0.15, 0.2) is 5.76 Å². The van der Waals surface area contributed by atoms with Crippen LogP contribution in [0.25, 0.3) is 10.2 Å². The maximum atomic E-state index is 12.8. The summed E-state index contributed by atoms with van der Waals surface area (Å²) in [7, 11) is 0. The average Bonchev–Trinajstić information content (AvgIpc) is 3.32. The molecule has 2 heterocycles. The van der Waals surface area contributed by atoms with E-state index in [2.05, 4.69) is 10.1 Å². The Bertz CT molecular complexity index is 990. The highest BCUT2D eigenvalue weighted by Gasteiger charge is 2.22. The molecule has 0 atom stereocenters. The Morgan fingerprint density at radius 1 is 1.04 bits per heavy atom. The van der Waals surface area contributed by atoms with E-state index in [0.717, 1.165) is 15.8 Å². The summed E-state index contributed by atoms with van der Waals surface area (Å²) in [6, 6.07) is 20.6. The molecule has 0 spiro atoms. The number of furan rings is 1. The summed E-state index contributed by atoms with van der Waals surface area (Å²) >= 11 is 1.40. The Hall–Kier alpha value is -3.25. The third-order valence-electron chi connectivity index (χ3n) is 3.51. The molecule has 0 aliphatic rings. The van der Waals surface area contributed by atoms with Crippen molar-refractivity contribution in [3.63, 3.8) is 0 Å². The molecule has 0 bridgehead atoms. The summed E-state index contributed by atoms with van der Waals surface area (Å²) in [6.45, 7) is 0. The van der Waals surface area contributed by atoms with Crippen molar-refractivity contribution in [2.24, 2.45) is 5.10 Å². The van der Waals surface area contributed by atoms with E-state index in [-0.39, 0.29) is 11.7 Å². The molecule has 4 aromatic rings. The SMILES string of the molecule is O=C(c1ccco1)N(/N=C/c1ccccc1)c1nc2ccccc2s1. The molecule has 25 heavy (non-hydrogen) atoms. The molecule has 122 valence electrons. The van der Waals surface area contributed by atoms with E-state index >= 15 is 0 Å². The van der Waals surface area contributed by atoms with Crippen molar-refractivity contribution in [1.82, 2.24) is 4.98 Å². The predicted molar refractivity (Wildman–Crippen MR) is 99.2 cm³/mol. The van der Waals surface area contributed by atoms with Crippen LogP contribution in [0, 0.1) is 0 Å². The van der Waals surface area contributed by atoms with Gasteiger partial charge in [-0.15, -0.1) is 0 Å². The molecule has 2 aromatic carbocycles. The lowest BCUT2D eigenvalue weighted by Gasteiger charge is -2.11. The quantitative estimate of drug-likeness (QED) is 0.401. The van der Waals surface area contributed by atoms with Gasteiger partial charge in [0.2, 0.25) is 5.13 Å². The summed E-state index contributed by atoms with van der Waals surface area (Å²) in [5.74, 6) is -0.152. The number of amides is 1. The first-order valence-corrected chi connectivity index (χ1v) is 8.45. The fraction of sp³-hybridized carbons (Fsp3) is 0. The van der Waals surface area contributed by atoms with Gasteiger partial charge >= 0.3 is 5.91 Å². The van der Waals surface area contributed by atoms with Crippen LogP contribution >= 0.6 is 11.3 Å². The van der Waals surface area contributed by atoms with Crippen LogP contribution in [0.2, 0.25) is 0 Å². The number of anilines is 1. The summed E-state index contributed by atoms with van der Waals surface area (Å²) in [5, 5.41) is 6.13. The zero-order valence-electron chi connectivity index (χ0n) is 13.1. The Morgan fingerprint density at radius 3 is 2.60 bits per heavy atom. The largest absolute Gasteiger partial charge is 0.459 e. The fourth-order valence-corrected chi connectivity index (χ4v) is 3.23. The monoisotopic (exact) mass is 347 g/mol. The number of benzene rings is 2. The molecule has 0 fully saturated rings. The van der Waals surface area contributed by atoms with Gasteiger partial charge in [0, 0.05) is 0 Å². The van der Waals surface area contributed by atoms with Crippen LogP contribution in [-0.2, 0) is 0 Å². The van der Waals surface area contributed by atoms with Gasteiger partial charge in [-0.05, 0) is 29.8 Å². The van der Waals surface area contributed by atoms with Crippen LogP contribution in [-0.4, -0.2) is 17.1 Å². The standard InChI is InChI=1S/C19H13N3O2S/c23-18(16-10-6-12-24-16)22(20-13-14-7-2-1-3-8-14)19-21-15-9-4-5-11-17(15)25-19/h1-13H/b20-13+. The molecule has 2 aromatic heterocycles. The first-order valence-electron chi connectivity index (χ1n) is 7.64. The fourth-order valence-electron chi connectivity index (χ4n) is 2.31. The highest BCUT2D eigenvalue weighted by molar-refractivity contribution is 7.22. The van der Waals surface area contributed by atoms with Crippen LogP contribution in [0.4, 0.5) is 5.13 Å². The first kappa shape index (κ1) is 15.3. The highest BCUT2D eigenvalue weighted by atomic mass is 32.1. The van der Waals surface area contributed by atoms with Crippen molar-refractivity contribution in [3.8, 4) is 0 Å². The van der Waals surface area contributed by atoms with Gasteiger partial charge in [0.25, 0.3) is 0 Å². The van der Waals surface area contributed by atoms with Crippen LogP contribution in [0.15, 0.2) is 82.5 Å². The van der Waals surface area contributed by atoms with E-state index < -0.39 is 0 Å². The molecule has 0 saturated carbocycles. The molecule has 0 saturated heterocycles. The Labute approximate surface area is 147 Å². The maximum Gasteiger partial charge on any atom is 0.316 e. The molecule has 5 nitrogen and oxygen atoms in total. The second-order valence-corrected chi connectivity index (χ2v) is 6.22. The van der Waals surface area contributed by atoms with Crippen LogP contribution in [0.1, 0.15) is 16.1 Å². The second-order valence-electron chi connectivity index (χ2n) is 5.21. The predicted octanol–water partition coefficient (Wildman–Crippen LogP) is 4.57. The zero-order chi connectivity index (χ0) is 17.1. The topological polar surface area (TPSA) is 58.7 Å². The number of fused-ring (bicyclic) bond motifs is 1. The Balaban J connectivity index is 1.75. The molecule has 0 radical (unpaired) electrons. The highest BCUT2D eigenvalue weighted by Crippen LogP contribution is 2.29. The van der Waals surface area contributed by atoms with Gasteiger partial charge in [-0.25, -0.2) is 4.98 Å². The number of nitrogens with zero attached hydrogens (tertiary/aromatic N) is 3. The van der Waals surface area contributed by atoms with E-state index in [1.54, 1.807) is 18.3 Å². The van der Waals surface area contributed by atoms with E-state index in [4.69, 9.17) is 4.42 Å². The molecular weight excluding hydrogens is 334 g/mol.